The molecule has 0 saturated heterocycles. The Balaban J connectivity index is 2.08. The monoisotopic (exact) mass is 341 g/mol. The van der Waals surface area contributed by atoms with Gasteiger partial charge >= 0.3 is 0 Å². The Morgan fingerprint density at radius 3 is 2.84 bits per heavy atom. The summed E-state index contributed by atoms with van der Waals surface area (Å²) in [5, 5.41) is 9.14. The van der Waals surface area contributed by atoms with Crippen LogP contribution in [-0.2, 0) is 4.79 Å². The third-order valence-electron chi connectivity index (χ3n) is 3.44. The molecular weight excluding hydrogens is 317 g/mol. The smallest absolute Gasteiger partial charge is 0.240 e. The van der Waals surface area contributed by atoms with Crippen molar-refractivity contribution in [1.29, 1.82) is 0 Å². The molecule has 0 spiro atoms. The van der Waals surface area contributed by atoms with Gasteiger partial charge < -0.3 is 27.4 Å². The quantitative estimate of drug-likeness (QED) is 0.324. The van der Waals surface area contributed by atoms with Crippen LogP contribution in [-0.4, -0.2) is 42.9 Å². The number of nitrogens with zero attached hydrogens (tertiary/aromatic N) is 2. The van der Waals surface area contributed by atoms with Crippen molar-refractivity contribution in [2.75, 3.05) is 29.0 Å². The first kappa shape index (κ1) is 18.7. The maximum absolute atomic E-state index is 11.7. The number of carbonyl (C=O) groups excluding carboxylic acids is 1. The molecule has 0 aliphatic heterocycles. The number of carbonyl (C=O) groups is 1. The number of hydrogen-bond donors (Lipinski definition) is 5. The van der Waals surface area contributed by atoms with Crippen molar-refractivity contribution >= 4 is 42.4 Å². The normalized spacial score (nSPS) is 11.6. The zero-order valence-corrected chi connectivity index (χ0v) is 14.5. The summed E-state index contributed by atoms with van der Waals surface area (Å²) in [4.78, 5) is 20.5. The maximum Gasteiger partial charge on any atom is 0.240 e. The van der Waals surface area contributed by atoms with Crippen molar-refractivity contribution in [3.05, 3.63) is 30.5 Å². The van der Waals surface area contributed by atoms with Crippen molar-refractivity contribution in [2.45, 2.75) is 19.4 Å². The van der Waals surface area contributed by atoms with Crippen LogP contribution in [0, 0.1) is 0 Å². The van der Waals surface area contributed by atoms with E-state index in [2.05, 4.69) is 25.9 Å². The zero-order valence-electron chi connectivity index (χ0n) is 14.5. The summed E-state index contributed by atoms with van der Waals surface area (Å²) in [5.41, 5.74) is 13.4. The summed E-state index contributed by atoms with van der Waals surface area (Å²) in [6.07, 6.45) is 2.62. The number of anilines is 4. The lowest BCUT2D eigenvalue weighted by Gasteiger charge is -2.12. The third-order valence-corrected chi connectivity index (χ3v) is 3.44. The van der Waals surface area contributed by atoms with E-state index in [9.17, 15) is 4.79 Å². The summed E-state index contributed by atoms with van der Waals surface area (Å²) in [7, 11) is 1.94. The van der Waals surface area contributed by atoms with Crippen molar-refractivity contribution < 1.29 is 4.79 Å². The van der Waals surface area contributed by atoms with Crippen LogP contribution in [0.15, 0.2) is 30.5 Å². The second-order valence-corrected chi connectivity index (χ2v) is 5.78. The molecule has 25 heavy (non-hydrogen) atoms. The van der Waals surface area contributed by atoms with Crippen molar-refractivity contribution in [3.8, 4) is 0 Å². The number of nitrogens with one attached hydrogen (secondary N) is 3. The minimum absolute atomic E-state index is 0.241. The third kappa shape index (κ3) is 5.73. The summed E-state index contributed by atoms with van der Waals surface area (Å²) < 4.78 is 0. The lowest BCUT2D eigenvalue weighted by Crippen LogP contribution is -2.32. The molecule has 0 aliphatic rings. The Morgan fingerprint density at radius 2 is 2.12 bits per heavy atom. The number of rotatable bonds is 8. The first-order chi connectivity index (χ1) is 12.0. The highest BCUT2D eigenvalue weighted by atomic mass is 16.2. The molecule has 0 bridgehead atoms. The molecule has 0 saturated carbocycles. The van der Waals surface area contributed by atoms with E-state index in [0.717, 1.165) is 29.9 Å². The number of nitrogens with two attached hydrogens (primary N) is 2. The van der Waals surface area contributed by atoms with Gasteiger partial charge in [0.2, 0.25) is 11.9 Å². The average Bonchev–Trinajstić information content (AvgIpc) is 2.58. The fraction of sp³-hybridized carbons (Fsp3) is 0.312. The molecule has 0 aliphatic carbocycles. The van der Waals surface area contributed by atoms with Gasteiger partial charge in [0, 0.05) is 24.1 Å². The molecule has 1 aromatic carbocycles. The van der Waals surface area contributed by atoms with E-state index < -0.39 is 6.04 Å². The van der Waals surface area contributed by atoms with Crippen LogP contribution in [0.4, 0.5) is 23.1 Å². The van der Waals surface area contributed by atoms with Crippen LogP contribution in [0.2, 0.25) is 0 Å². The highest BCUT2D eigenvalue weighted by molar-refractivity contribution is 6.35. The molecule has 1 amide bonds. The van der Waals surface area contributed by atoms with Crippen molar-refractivity contribution in [3.63, 3.8) is 0 Å². The van der Waals surface area contributed by atoms with Gasteiger partial charge in [-0.3, -0.25) is 4.79 Å². The van der Waals surface area contributed by atoms with Crippen molar-refractivity contribution in [1.82, 2.24) is 9.97 Å². The Kier molecular flexibility index (Phi) is 6.73. The largest absolute Gasteiger partial charge is 0.370 e. The lowest BCUT2D eigenvalue weighted by atomic mass is 9.99. The van der Waals surface area contributed by atoms with Gasteiger partial charge in [-0.2, -0.15) is 4.98 Å². The first-order valence-electron chi connectivity index (χ1n) is 8.20. The van der Waals surface area contributed by atoms with E-state index in [0.29, 0.717) is 18.2 Å². The second-order valence-electron chi connectivity index (χ2n) is 5.78. The number of amides is 1. The van der Waals surface area contributed by atoms with Crippen LogP contribution >= 0.6 is 0 Å². The molecule has 0 unspecified atom stereocenters. The summed E-state index contributed by atoms with van der Waals surface area (Å²) in [6, 6.07) is 6.71. The van der Waals surface area contributed by atoms with Gasteiger partial charge in [0.1, 0.15) is 13.7 Å². The van der Waals surface area contributed by atoms with Gasteiger partial charge in [0.15, 0.2) is 0 Å². The standard InChI is InChI=1S/C16H24BN7O/c1-10(19)15(25)22-11-4-2-5-12(8-11)23-16-21-9-13(17)14(24-16)20-7-3-6-18/h2,4-5,8-10H,3,6-7,17-19H2,1H3,(H,22,25)(H2,20,21,23,24)/t10-/m0/s1. The van der Waals surface area contributed by atoms with Crippen LogP contribution in [0.25, 0.3) is 0 Å². The molecule has 2 rings (SSSR count). The van der Waals surface area contributed by atoms with Gasteiger partial charge in [-0.05, 0) is 43.6 Å². The summed E-state index contributed by atoms with van der Waals surface area (Å²) in [6.45, 7) is 3.02. The average molecular weight is 341 g/mol. The van der Waals surface area contributed by atoms with E-state index in [1.54, 1.807) is 25.3 Å². The van der Waals surface area contributed by atoms with Gasteiger partial charge in [-0.25, -0.2) is 4.98 Å². The Bertz CT molecular complexity index is 723. The van der Waals surface area contributed by atoms with Gasteiger partial charge in [0.25, 0.3) is 0 Å². The summed E-state index contributed by atoms with van der Waals surface area (Å²) >= 11 is 0. The molecule has 8 nitrogen and oxygen atoms in total. The maximum atomic E-state index is 11.7. The molecule has 2 aromatic rings. The van der Waals surface area contributed by atoms with Gasteiger partial charge in [-0.1, -0.05) is 6.07 Å². The van der Waals surface area contributed by atoms with Crippen molar-refractivity contribution in [2.24, 2.45) is 11.5 Å². The molecule has 0 fully saturated rings. The SMILES string of the molecule is Bc1cnc(Nc2cccc(NC(=O)[C@H](C)N)c2)nc1NCCCN. The minimum atomic E-state index is -0.570. The zero-order chi connectivity index (χ0) is 18.2. The van der Waals surface area contributed by atoms with Crippen LogP contribution in [0.1, 0.15) is 13.3 Å². The highest BCUT2D eigenvalue weighted by Crippen LogP contribution is 2.18. The molecule has 1 aromatic heterocycles. The molecular formula is C16H24BN7O. The molecule has 1 atom stereocenters. The number of aromatic nitrogens is 2. The van der Waals surface area contributed by atoms with Crippen LogP contribution in [0.3, 0.4) is 0 Å². The molecule has 9 heteroatoms. The first-order valence-corrected chi connectivity index (χ1v) is 8.20. The fourth-order valence-corrected chi connectivity index (χ4v) is 2.05. The van der Waals surface area contributed by atoms with E-state index in [1.807, 2.05) is 20.0 Å². The van der Waals surface area contributed by atoms with Crippen LogP contribution in [0.5, 0.6) is 0 Å². The predicted molar refractivity (Wildman–Crippen MR) is 104 cm³/mol. The molecule has 132 valence electrons. The fourth-order valence-electron chi connectivity index (χ4n) is 2.05. The Morgan fingerprint density at radius 1 is 1.36 bits per heavy atom. The number of hydrogen-bond acceptors (Lipinski definition) is 7. The Labute approximate surface area is 148 Å². The topological polar surface area (TPSA) is 131 Å². The van der Waals surface area contributed by atoms with E-state index in [1.165, 1.54) is 0 Å². The van der Waals surface area contributed by atoms with E-state index in [-0.39, 0.29) is 5.91 Å². The second kappa shape index (κ2) is 9.00. The summed E-state index contributed by atoms with van der Waals surface area (Å²) in [5.74, 6) is 0.999. The molecule has 7 N–H and O–H groups in total. The molecule has 1 heterocycles. The molecule has 0 radical (unpaired) electrons. The van der Waals surface area contributed by atoms with Crippen LogP contribution < -0.4 is 32.9 Å². The highest BCUT2D eigenvalue weighted by Gasteiger charge is 2.08. The predicted octanol–water partition coefficient (Wildman–Crippen LogP) is -0.475. The van der Waals surface area contributed by atoms with E-state index >= 15 is 0 Å². The Hall–Kier alpha value is -2.65. The number of benzene rings is 1. The minimum Gasteiger partial charge on any atom is -0.370 e. The lowest BCUT2D eigenvalue weighted by molar-refractivity contribution is -0.117. The van der Waals surface area contributed by atoms with E-state index in [4.69, 9.17) is 11.5 Å². The van der Waals surface area contributed by atoms with Gasteiger partial charge in [0.05, 0.1) is 6.04 Å². The van der Waals surface area contributed by atoms with Gasteiger partial charge in [-0.15, -0.1) is 0 Å².